The summed E-state index contributed by atoms with van der Waals surface area (Å²) in [5.41, 5.74) is 1.50. The summed E-state index contributed by atoms with van der Waals surface area (Å²) in [5, 5.41) is 4.79. The quantitative estimate of drug-likeness (QED) is 0.420. The Bertz CT molecular complexity index is 1220. The molecule has 1 aliphatic rings. The third kappa shape index (κ3) is 5.13. The van der Waals surface area contributed by atoms with Crippen molar-refractivity contribution in [1.29, 1.82) is 0 Å². The van der Waals surface area contributed by atoms with Crippen molar-refractivity contribution in [1.82, 2.24) is 19.5 Å². The van der Waals surface area contributed by atoms with Gasteiger partial charge in [-0.25, -0.2) is 14.3 Å². The molecule has 4 rings (SSSR count). The number of aromatic nitrogens is 3. The first-order valence-electron chi connectivity index (χ1n) is 10.9. The highest BCUT2D eigenvalue weighted by molar-refractivity contribution is 7.84. The van der Waals surface area contributed by atoms with Crippen molar-refractivity contribution >= 4 is 28.3 Å². The number of fused-ring (bicyclic) bond motifs is 1. The Balaban J connectivity index is 1.60. The number of carbonyl (C=O) groups excluding carboxylic acids is 2. The Morgan fingerprint density at radius 3 is 2.61 bits per heavy atom. The summed E-state index contributed by atoms with van der Waals surface area (Å²) in [5.74, 6) is 0.0156. The van der Waals surface area contributed by atoms with Crippen LogP contribution < -0.4 is 0 Å². The van der Waals surface area contributed by atoms with E-state index in [1.165, 1.54) is 10.7 Å². The highest BCUT2D eigenvalue weighted by Crippen LogP contribution is 2.25. The number of ketones is 1. The van der Waals surface area contributed by atoms with Crippen molar-refractivity contribution in [2.75, 3.05) is 19.3 Å². The van der Waals surface area contributed by atoms with Gasteiger partial charge in [0, 0.05) is 30.6 Å². The van der Waals surface area contributed by atoms with Crippen molar-refractivity contribution in [2.45, 2.75) is 44.2 Å². The minimum absolute atomic E-state index is 0.181. The molecule has 33 heavy (non-hydrogen) atoms. The SMILES string of the molecule is CS(=O)c1cc(C[C@H]2CCN(C(=O)OC(C)(C)C)C2)nc2c(C(=O)c3ccccc3)cnn12. The fourth-order valence-electron chi connectivity index (χ4n) is 3.98. The first kappa shape index (κ1) is 23.1. The number of likely N-dealkylation sites (tertiary alicyclic amines) is 1. The molecule has 9 heteroatoms. The summed E-state index contributed by atoms with van der Waals surface area (Å²) in [7, 11) is -1.32. The minimum atomic E-state index is -1.32. The van der Waals surface area contributed by atoms with Gasteiger partial charge in [0.2, 0.25) is 0 Å². The van der Waals surface area contributed by atoms with Crippen LogP contribution in [-0.4, -0.2) is 60.5 Å². The van der Waals surface area contributed by atoms with E-state index in [9.17, 15) is 13.8 Å². The van der Waals surface area contributed by atoms with Crippen molar-refractivity contribution in [3.05, 3.63) is 59.4 Å². The van der Waals surface area contributed by atoms with E-state index in [-0.39, 0.29) is 17.8 Å². The zero-order valence-electron chi connectivity index (χ0n) is 19.3. The van der Waals surface area contributed by atoms with Gasteiger partial charge in [-0.2, -0.15) is 5.10 Å². The lowest BCUT2D eigenvalue weighted by Crippen LogP contribution is -2.35. The van der Waals surface area contributed by atoms with Gasteiger partial charge in [0.25, 0.3) is 0 Å². The van der Waals surface area contributed by atoms with Crippen molar-refractivity contribution in [3.8, 4) is 0 Å². The summed E-state index contributed by atoms with van der Waals surface area (Å²) in [6, 6.07) is 10.7. The standard InChI is InChI=1S/C24H28N4O4S/c1-24(2,3)32-23(30)27-11-10-16(15-27)12-18-13-20(33(4)31)28-22(26-18)19(14-25-28)21(29)17-8-6-5-7-9-17/h5-9,13-14,16H,10-12,15H2,1-4H3/t16-,33?/m1/s1. The van der Waals surface area contributed by atoms with Gasteiger partial charge in [0.05, 0.1) is 22.6 Å². The van der Waals surface area contributed by atoms with Crippen molar-refractivity contribution in [2.24, 2.45) is 5.92 Å². The van der Waals surface area contributed by atoms with Crippen LogP contribution in [0.25, 0.3) is 5.65 Å². The highest BCUT2D eigenvalue weighted by atomic mass is 32.2. The van der Waals surface area contributed by atoms with E-state index in [4.69, 9.17) is 9.72 Å². The average Bonchev–Trinajstić information content (AvgIpc) is 3.39. The predicted molar refractivity (Wildman–Crippen MR) is 125 cm³/mol. The van der Waals surface area contributed by atoms with Crippen LogP contribution in [0.4, 0.5) is 4.79 Å². The van der Waals surface area contributed by atoms with Crippen molar-refractivity contribution in [3.63, 3.8) is 0 Å². The lowest BCUT2D eigenvalue weighted by molar-refractivity contribution is 0.0288. The van der Waals surface area contributed by atoms with Crippen LogP contribution >= 0.6 is 0 Å². The largest absolute Gasteiger partial charge is 0.444 e. The molecule has 0 N–H and O–H groups in total. The van der Waals surface area contributed by atoms with Gasteiger partial charge < -0.3 is 9.64 Å². The van der Waals surface area contributed by atoms with Gasteiger partial charge in [-0.05, 0) is 45.6 Å². The summed E-state index contributed by atoms with van der Waals surface area (Å²) in [4.78, 5) is 31.9. The van der Waals surface area contributed by atoms with Gasteiger partial charge in [-0.15, -0.1) is 0 Å². The summed E-state index contributed by atoms with van der Waals surface area (Å²) in [6.45, 7) is 6.75. The molecule has 0 bridgehead atoms. The molecule has 2 aromatic heterocycles. The van der Waals surface area contributed by atoms with Crippen LogP contribution in [0.1, 0.15) is 48.8 Å². The molecule has 1 amide bonds. The Hall–Kier alpha value is -3.07. The van der Waals surface area contributed by atoms with Crippen LogP contribution in [0.5, 0.6) is 0 Å². The molecule has 0 spiro atoms. The molecule has 1 unspecified atom stereocenters. The normalized spacial score (nSPS) is 17.3. The first-order chi connectivity index (χ1) is 15.6. The zero-order valence-corrected chi connectivity index (χ0v) is 20.1. The monoisotopic (exact) mass is 468 g/mol. The molecule has 8 nitrogen and oxygen atoms in total. The number of hydrogen-bond donors (Lipinski definition) is 0. The van der Waals surface area contributed by atoms with E-state index in [1.54, 1.807) is 41.5 Å². The molecule has 1 aliphatic heterocycles. The predicted octanol–water partition coefficient (Wildman–Crippen LogP) is 3.50. The molecule has 2 atom stereocenters. The van der Waals surface area contributed by atoms with Crippen LogP contribution in [0.3, 0.4) is 0 Å². The molecular formula is C24H28N4O4S. The third-order valence-corrected chi connectivity index (χ3v) is 6.38. The smallest absolute Gasteiger partial charge is 0.410 e. The zero-order chi connectivity index (χ0) is 23.8. The fraction of sp³-hybridized carbons (Fsp3) is 0.417. The minimum Gasteiger partial charge on any atom is -0.444 e. The van der Waals surface area contributed by atoms with Gasteiger partial charge in [-0.3, -0.25) is 9.00 Å². The number of nitrogens with zero attached hydrogens (tertiary/aromatic N) is 4. The molecule has 174 valence electrons. The molecule has 0 saturated carbocycles. The van der Waals surface area contributed by atoms with E-state index in [2.05, 4.69) is 5.10 Å². The Labute approximate surface area is 195 Å². The highest BCUT2D eigenvalue weighted by Gasteiger charge is 2.30. The number of carbonyl (C=O) groups is 2. The molecule has 1 aromatic carbocycles. The lowest BCUT2D eigenvalue weighted by atomic mass is 10.0. The molecule has 3 aromatic rings. The second-order valence-electron chi connectivity index (χ2n) is 9.31. The molecule has 0 aliphatic carbocycles. The van der Waals surface area contributed by atoms with Crippen LogP contribution in [-0.2, 0) is 22.0 Å². The number of benzene rings is 1. The maximum atomic E-state index is 13.1. The summed E-state index contributed by atoms with van der Waals surface area (Å²) >= 11 is 0. The van der Waals surface area contributed by atoms with E-state index in [0.29, 0.717) is 41.3 Å². The van der Waals surface area contributed by atoms with Crippen LogP contribution in [0.2, 0.25) is 0 Å². The first-order valence-corrected chi connectivity index (χ1v) is 12.5. The second kappa shape index (κ2) is 9.05. The van der Waals surface area contributed by atoms with E-state index in [1.807, 2.05) is 26.8 Å². The average molecular weight is 469 g/mol. The molecule has 3 heterocycles. The number of hydrogen-bond acceptors (Lipinski definition) is 6. The van der Waals surface area contributed by atoms with E-state index >= 15 is 0 Å². The van der Waals surface area contributed by atoms with E-state index in [0.717, 1.165) is 12.1 Å². The summed E-state index contributed by atoms with van der Waals surface area (Å²) in [6.07, 6.45) is 4.18. The van der Waals surface area contributed by atoms with Gasteiger partial charge >= 0.3 is 6.09 Å². The Kier molecular flexibility index (Phi) is 6.34. The van der Waals surface area contributed by atoms with E-state index < -0.39 is 16.4 Å². The lowest BCUT2D eigenvalue weighted by Gasteiger charge is -2.24. The van der Waals surface area contributed by atoms with Crippen molar-refractivity contribution < 1.29 is 18.5 Å². The maximum absolute atomic E-state index is 13.1. The molecule has 1 fully saturated rings. The number of rotatable bonds is 5. The van der Waals surface area contributed by atoms with Crippen LogP contribution in [0.15, 0.2) is 47.6 Å². The third-order valence-electron chi connectivity index (χ3n) is 5.50. The fourth-order valence-corrected chi connectivity index (χ4v) is 4.66. The van der Waals surface area contributed by atoms with Gasteiger partial charge in [-0.1, -0.05) is 30.3 Å². The number of ether oxygens (including phenoxy) is 1. The Morgan fingerprint density at radius 2 is 1.94 bits per heavy atom. The second-order valence-corrected chi connectivity index (χ2v) is 10.6. The Morgan fingerprint density at radius 1 is 1.21 bits per heavy atom. The molecular weight excluding hydrogens is 440 g/mol. The molecule has 0 radical (unpaired) electrons. The summed E-state index contributed by atoms with van der Waals surface area (Å²) < 4.78 is 19.4. The topological polar surface area (TPSA) is 93.9 Å². The maximum Gasteiger partial charge on any atom is 0.410 e. The van der Waals surface area contributed by atoms with Gasteiger partial charge in [0.15, 0.2) is 11.4 Å². The van der Waals surface area contributed by atoms with Crippen LogP contribution in [0, 0.1) is 5.92 Å². The molecule has 1 saturated heterocycles. The van der Waals surface area contributed by atoms with Gasteiger partial charge in [0.1, 0.15) is 10.6 Å². The number of amides is 1.